The minimum atomic E-state index is -3.33. The van der Waals surface area contributed by atoms with Gasteiger partial charge in [-0.1, -0.05) is 19.9 Å². The maximum atomic E-state index is 12.7. The van der Waals surface area contributed by atoms with E-state index >= 15 is 0 Å². The van der Waals surface area contributed by atoms with E-state index in [0.717, 1.165) is 17.5 Å². The van der Waals surface area contributed by atoms with E-state index in [4.69, 9.17) is 0 Å². The summed E-state index contributed by atoms with van der Waals surface area (Å²) in [5.74, 6) is 0.871. The summed E-state index contributed by atoms with van der Waals surface area (Å²) in [6, 6.07) is 5.40. The molecular formula is C15H23NO2S. The molecule has 1 aliphatic heterocycles. The van der Waals surface area contributed by atoms with Crippen LogP contribution in [0.1, 0.15) is 31.4 Å². The van der Waals surface area contributed by atoms with Gasteiger partial charge in [-0.25, -0.2) is 8.42 Å². The minimum Gasteiger partial charge on any atom is -0.207 e. The standard InChI is InChI=1S/C15H23NO2S/c1-11-7-12(2)10-16(9-11)19(17,18)15-6-5-13(3)14(4)8-15/h5-6,8,11-12H,7,9-10H2,1-4H3/t11-,12+. The molecule has 106 valence electrons. The molecule has 1 aromatic rings. The number of hydrogen-bond donors (Lipinski definition) is 0. The van der Waals surface area contributed by atoms with Crippen molar-refractivity contribution in [2.24, 2.45) is 11.8 Å². The molecule has 0 amide bonds. The van der Waals surface area contributed by atoms with Crippen molar-refractivity contribution in [1.29, 1.82) is 0 Å². The van der Waals surface area contributed by atoms with Crippen LogP contribution in [-0.4, -0.2) is 25.8 Å². The highest BCUT2D eigenvalue weighted by atomic mass is 32.2. The van der Waals surface area contributed by atoms with Crippen molar-refractivity contribution in [3.05, 3.63) is 29.3 Å². The van der Waals surface area contributed by atoms with Gasteiger partial charge in [-0.05, 0) is 55.4 Å². The molecule has 0 radical (unpaired) electrons. The molecule has 0 saturated carbocycles. The zero-order valence-corrected chi connectivity index (χ0v) is 13.0. The zero-order chi connectivity index (χ0) is 14.2. The Morgan fingerprint density at radius 2 is 1.63 bits per heavy atom. The first kappa shape index (κ1) is 14.5. The molecule has 0 N–H and O–H groups in total. The molecule has 0 aliphatic carbocycles. The fourth-order valence-corrected chi connectivity index (χ4v) is 4.59. The van der Waals surface area contributed by atoms with Crippen LogP contribution in [0.3, 0.4) is 0 Å². The highest BCUT2D eigenvalue weighted by Gasteiger charge is 2.31. The second-order valence-electron chi connectivity index (χ2n) is 6.01. The molecule has 1 heterocycles. The molecule has 0 spiro atoms. The van der Waals surface area contributed by atoms with Crippen LogP contribution in [0, 0.1) is 25.7 Å². The third-order valence-electron chi connectivity index (χ3n) is 3.95. The molecular weight excluding hydrogens is 258 g/mol. The van der Waals surface area contributed by atoms with Crippen LogP contribution in [0.2, 0.25) is 0 Å². The average Bonchev–Trinajstić information content (AvgIpc) is 2.31. The van der Waals surface area contributed by atoms with Gasteiger partial charge in [-0.2, -0.15) is 4.31 Å². The van der Waals surface area contributed by atoms with E-state index in [2.05, 4.69) is 13.8 Å². The van der Waals surface area contributed by atoms with E-state index in [1.54, 1.807) is 16.4 Å². The van der Waals surface area contributed by atoms with Gasteiger partial charge in [-0.3, -0.25) is 0 Å². The predicted octanol–water partition coefficient (Wildman–Crippen LogP) is 2.97. The van der Waals surface area contributed by atoms with Gasteiger partial charge in [0.15, 0.2) is 0 Å². The van der Waals surface area contributed by atoms with Gasteiger partial charge in [0.2, 0.25) is 10.0 Å². The number of benzene rings is 1. The molecule has 19 heavy (non-hydrogen) atoms. The van der Waals surface area contributed by atoms with E-state index in [1.165, 1.54) is 0 Å². The first-order valence-electron chi connectivity index (χ1n) is 6.88. The summed E-state index contributed by atoms with van der Waals surface area (Å²) >= 11 is 0. The van der Waals surface area contributed by atoms with Crippen LogP contribution in [0.25, 0.3) is 0 Å². The number of sulfonamides is 1. The van der Waals surface area contributed by atoms with Gasteiger partial charge in [0.05, 0.1) is 4.90 Å². The number of rotatable bonds is 2. The summed E-state index contributed by atoms with van der Waals surface area (Å²) in [6.45, 7) is 9.48. The summed E-state index contributed by atoms with van der Waals surface area (Å²) < 4.78 is 27.0. The Labute approximate surface area is 116 Å². The lowest BCUT2D eigenvalue weighted by Gasteiger charge is -2.34. The molecule has 0 unspecified atom stereocenters. The molecule has 2 atom stereocenters. The molecule has 0 bridgehead atoms. The Bertz CT molecular complexity index is 556. The van der Waals surface area contributed by atoms with Crippen molar-refractivity contribution in [3.63, 3.8) is 0 Å². The van der Waals surface area contributed by atoms with E-state index in [0.29, 0.717) is 29.8 Å². The highest BCUT2D eigenvalue weighted by molar-refractivity contribution is 7.89. The number of aryl methyl sites for hydroxylation is 2. The van der Waals surface area contributed by atoms with E-state index in [9.17, 15) is 8.42 Å². The van der Waals surface area contributed by atoms with E-state index in [1.807, 2.05) is 19.9 Å². The number of hydrogen-bond acceptors (Lipinski definition) is 2. The predicted molar refractivity (Wildman–Crippen MR) is 77.6 cm³/mol. The number of piperidine rings is 1. The summed E-state index contributed by atoms with van der Waals surface area (Å²) in [6.07, 6.45) is 1.11. The van der Waals surface area contributed by atoms with Crippen LogP contribution < -0.4 is 0 Å². The lowest BCUT2D eigenvalue weighted by Crippen LogP contribution is -2.42. The second-order valence-corrected chi connectivity index (χ2v) is 7.95. The Morgan fingerprint density at radius 1 is 1.05 bits per heavy atom. The van der Waals surface area contributed by atoms with Gasteiger partial charge in [0, 0.05) is 13.1 Å². The fraction of sp³-hybridized carbons (Fsp3) is 0.600. The van der Waals surface area contributed by atoms with Crippen LogP contribution in [-0.2, 0) is 10.0 Å². The second kappa shape index (κ2) is 5.25. The molecule has 1 fully saturated rings. The van der Waals surface area contributed by atoms with Crippen molar-refractivity contribution in [1.82, 2.24) is 4.31 Å². The summed E-state index contributed by atoms with van der Waals surface area (Å²) in [5.41, 5.74) is 2.15. The molecule has 1 aliphatic rings. The molecule has 1 saturated heterocycles. The van der Waals surface area contributed by atoms with Crippen LogP contribution in [0.5, 0.6) is 0 Å². The van der Waals surface area contributed by atoms with E-state index < -0.39 is 10.0 Å². The van der Waals surface area contributed by atoms with Gasteiger partial charge in [0.1, 0.15) is 0 Å². The van der Waals surface area contributed by atoms with Crippen molar-refractivity contribution >= 4 is 10.0 Å². The molecule has 1 aromatic carbocycles. The van der Waals surface area contributed by atoms with Crippen molar-refractivity contribution in [2.75, 3.05) is 13.1 Å². The Kier molecular flexibility index (Phi) is 4.02. The quantitative estimate of drug-likeness (QED) is 0.835. The Morgan fingerprint density at radius 3 is 2.16 bits per heavy atom. The van der Waals surface area contributed by atoms with Crippen LogP contribution in [0.15, 0.2) is 23.1 Å². The SMILES string of the molecule is Cc1ccc(S(=O)(=O)N2C[C@H](C)C[C@H](C)C2)cc1C. The van der Waals surface area contributed by atoms with Crippen LogP contribution in [0.4, 0.5) is 0 Å². The average molecular weight is 281 g/mol. The normalized spacial score (nSPS) is 25.5. The van der Waals surface area contributed by atoms with Gasteiger partial charge >= 0.3 is 0 Å². The summed E-state index contributed by atoms with van der Waals surface area (Å²) in [5, 5.41) is 0. The lowest BCUT2D eigenvalue weighted by atomic mass is 9.94. The molecule has 4 heteroatoms. The van der Waals surface area contributed by atoms with Crippen LogP contribution >= 0.6 is 0 Å². The zero-order valence-electron chi connectivity index (χ0n) is 12.2. The first-order valence-corrected chi connectivity index (χ1v) is 8.32. The van der Waals surface area contributed by atoms with Crippen molar-refractivity contribution in [2.45, 2.75) is 39.0 Å². The Hall–Kier alpha value is -0.870. The fourth-order valence-electron chi connectivity index (χ4n) is 2.83. The minimum absolute atomic E-state index is 0.428. The number of nitrogens with zero attached hydrogens (tertiary/aromatic N) is 1. The van der Waals surface area contributed by atoms with Gasteiger partial charge < -0.3 is 0 Å². The van der Waals surface area contributed by atoms with Crippen molar-refractivity contribution in [3.8, 4) is 0 Å². The smallest absolute Gasteiger partial charge is 0.207 e. The van der Waals surface area contributed by atoms with Gasteiger partial charge in [-0.15, -0.1) is 0 Å². The highest BCUT2D eigenvalue weighted by Crippen LogP contribution is 2.27. The third kappa shape index (κ3) is 3.00. The maximum Gasteiger partial charge on any atom is 0.243 e. The first-order chi connectivity index (χ1) is 8.80. The maximum absolute atomic E-state index is 12.7. The molecule has 0 aromatic heterocycles. The third-order valence-corrected chi connectivity index (χ3v) is 5.78. The largest absolute Gasteiger partial charge is 0.243 e. The van der Waals surface area contributed by atoms with Crippen molar-refractivity contribution < 1.29 is 8.42 Å². The van der Waals surface area contributed by atoms with E-state index in [-0.39, 0.29) is 0 Å². The summed E-state index contributed by atoms with van der Waals surface area (Å²) in [4.78, 5) is 0.428. The van der Waals surface area contributed by atoms with Gasteiger partial charge in [0.25, 0.3) is 0 Å². The Balaban J connectivity index is 2.33. The monoisotopic (exact) mass is 281 g/mol. The topological polar surface area (TPSA) is 37.4 Å². The lowest BCUT2D eigenvalue weighted by molar-refractivity contribution is 0.222. The molecule has 2 rings (SSSR count). The molecule has 3 nitrogen and oxygen atoms in total. The summed E-state index contributed by atoms with van der Waals surface area (Å²) in [7, 11) is -3.33.